The van der Waals surface area contributed by atoms with Crippen LogP contribution in [0.2, 0.25) is 0 Å². The van der Waals surface area contributed by atoms with Gasteiger partial charge >= 0.3 is 0 Å². The molecule has 0 fully saturated rings. The maximum atomic E-state index is 12.1. The summed E-state index contributed by atoms with van der Waals surface area (Å²) < 4.78 is 10.4. The third-order valence-electron chi connectivity index (χ3n) is 3.08. The molecule has 0 saturated carbocycles. The molecular formula is C16H17NO4S. The molecule has 2 rings (SSSR count). The van der Waals surface area contributed by atoms with Gasteiger partial charge in [-0.25, -0.2) is 0 Å². The van der Waals surface area contributed by atoms with E-state index in [0.29, 0.717) is 27.8 Å². The number of nitrogens with one attached hydrogen (secondary N) is 1. The Morgan fingerprint density at radius 3 is 2.32 bits per heavy atom. The van der Waals surface area contributed by atoms with Gasteiger partial charge in [0.05, 0.1) is 24.0 Å². The summed E-state index contributed by atoms with van der Waals surface area (Å²) in [5.41, 5.74) is 0.898. The van der Waals surface area contributed by atoms with Crippen LogP contribution in [0, 0.1) is 0 Å². The summed E-state index contributed by atoms with van der Waals surface area (Å²) in [4.78, 5) is 24.4. The van der Waals surface area contributed by atoms with Crippen LogP contribution in [0.4, 0.5) is 0 Å². The number of carbonyl (C=O) groups excluding carboxylic acids is 2. The van der Waals surface area contributed by atoms with Gasteiger partial charge in [-0.1, -0.05) is 6.07 Å². The normalized spacial score (nSPS) is 10.1. The molecule has 0 spiro atoms. The Bertz CT molecular complexity index is 693. The highest BCUT2D eigenvalue weighted by Gasteiger charge is 2.11. The molecule has 1 aromatic carbocycles. The fourth-order valence-corrected chi connectivity index (χ4v) is 2.73. The molecular weight excluding hydrogens is 302 g/mol. The van der Waals surface area contributed by atoms with E-state index in [4.69, 9.17) is 9.47 Å². The first-order chi connectivity index (χ1) is 10.5. The van der Waals surface area contributed by atoms with Gasteiger partial charge in [-0.05, 0) is 36.8 Å². The number of ether oxygens (including phenoxy) is 2. The van der Waals surface area contributed by atoms with Crippen LogP contribution >= 0.6 is 11.3 Å². The number of rotatable bonds is 6. The summed E-state index contributed by atoms with van der Waals surface area (Å²) in [6.07, 6.45) is 0. The molecule has 0 unspecified atom stereocenters. The first kappa shape index (κ1) is 16.0. The van der Waals surface area contributed by atoms with E-state index >= 15 is 0 Å². The van der Waals surface area contributed by atoms with Crippen molar-refractivity contribution in [1.82, 2.24) is 5.32 Å². The topological polar surface area (TPSA) is 64.6 Å². The lowest BCUT2D eigenvalue weighted by molar-refractivity contribution is 0.0954. The number of hydrogen-bond acceptors (Lipinski definition) is 5. The Labute approximate surface area is 132 Å². The van der Waals surface area contributed by atoms with Crippen LogP contribution in [0.5, 0.6) is 11.5 Å². The molecule has 22 heavy (non-hydrogen) atoms. The van der Waals surface area contributed by atoms with Crippen molar-refractivity contribution >= 4 is 23.0 Å². The minimum absolute atomic E-state index is 0.0380. The lowest BCUT2D eigenvalue weighted by Gasteiger charge is -2.10. The van der Waals surface area contributed by atoms with Crippen LogP contribution in [0.3, 0.4) is 0 Å². The molecule has 6 heteroatoms. The zero-order valence-electron chi connectivity index (χ0n) is 12.6. The van der Waals surface area contributed by atoms with Crippen molar-refractivity contribution < 1.29 is 19.1 Å². The van der Waals surface area contributed by atoms with Crippen molar-refractivity contribution in [2.24, 2.45) is 0 Å². The van der Waals surface area contributed by atoms with Crippen LogP contribution in [0.15, 0.2) is 30.3 Å². The Balaban J connectivity index is 2.02. The van der Waals surface area contributed by atoms with Gasteiger partial charge in [-0.2, -0.15) is 0 Å². The number of thiophene rings is 1. The average Bonchev–Trinajstić information content (AvgIpc) is 3.02. The van der Waals surface area contributed by atoms with Gasteiger partial charge in [0.25, 0.3) is 5.91 Å². The van der Waals surface area contributed by atoms with Crippen LogP contribution < -0.4 is 14.8 Å². The summed E-state index contributed by atoms with van der Waals surface area (Å²) in [5.74, 6) is 1.02. The Hall–Kier alpha value is -2.34. The number of methoxy groups -OCH3 is 2. The highest BCUT2D eigenvalue weighted by molar-refractivity contribution is 7.15. The van der Waals surface area contributed by atoms with Crippen LogP contribution in [-0.4, -0.2) is 25.9 Å². The van der Waals surface area contributed by atoms with Gasteiger partial charge in [-0.15, -0.1) is 11.3 Å². The Morgan fingerprint density at radius 1 is 1.05 bits per heavy atom. The van der Waals surface area contributed by atoms with Crippen LogP contribution in [0.25, 0.3) is 0 Å². The minimum atomic E-state index is -0.202. The largest absolute Gasteiger partial charge is 0.493 e. The Morgan fingerprint density at radius 2 is 1.73 bits per heavy atom. The molecule has 0 saturated heterocycles. The highest BCUT2D eigenvalue weighted by atomic mass is 32.1. The molecule has 1 aromatic heterocycles. The molecule has 1 N–H and O–H groups in total. The van der Waals surface area contributed by atoms with E-state index in [0.717, 1.165) is 5.56 Å². The molecule has 0 atom stereocenters. The number of carbonyl (C=O) groups is 2. The highest BCUT2D eigenvalue weighted by Crippen LogP contribution is 2.27. The molecule has 0 aliphatic heterocycles. The van der Waals surface area contributed by atoms with Crippen LogP contribution in [-0.2, 0) is 6.54 Å². The zero-order chi connectivity index (χ0) is 16.1. The van der Waals surface area contributed by atoms with E-state index in [9.17, 15) is 9.59 Å². The van der Waals surface area contributed by atoms with Crippen molar-refractivity contribution in [3.8, 4) is 11.5 Å². The first-order valence-electron chi connectivity index (χ1n) is 6.65. The summed E-state index contributed by atoms with van der Waals surface area (Å²) in [6, 6.07) is 8.79. The summed E-state index contributed by atoms with van der Waals surface area (Å²) in [7, 11) is 3.14. The molecule has 0 aliphatic carbocycles. The lowest BCUT2D eigenvalue weighted by Crippen LogP contribution is -2.21. The SMILES string of the molecule is COc1ccc(CNC(=O)c2ccc(C(C)=O)s2)cc1OC. The third kappa shape index (κ3) is 3.65. The molecule has 5 nitrogen and oxygen atoms in total. The van der Waals surface area contributed by atoms with E-state index in [1.54, 1.807) is 32.4 Å². The predicted molar refractivity (Wildman–Crippen MR) is 85.0 cm³/mol. The maximum Gasteiger partial charge on any atom is 0.261 e. The second-order valence-electron chi connectivity index (χ2n) is 4.59. The first-order valence-corrected chi connectivity index (χ1v) is 7.46. The van der Waals surface area contributed by atoms with Crippen molar-refractivity contribution in [3.05, 3.63) is 45.6 Å². The molecule has 116 valence electrons. The van der Waals surface area contributed by atoms with Crippen molar-refractivity contribution in [2.75, 3.05) is 14.2 Å². The monoisotopic (exact) mass is 319 g/mol. The van der Waals surface area contributed by atoms with E-state index in [1.165, 1.54) is 18.3 Å². The average molecular weight is 319 g/mol. The summed E-state index contributed by atoms with van der Waals surface area (Å²) in [6.45, 7) is 1.85. The van der Waals surface area contributed by atoms with Crippen LogP contribution in [0.1, 0.15) is 31.8 Å². The molecule has 0 radical (unpaired) electrons. The van der Waals surface area contributed by atoms with E-state index in [2.05, 4.69) is 5.32 Å². The quantitative estimate of drug-likeness (QED) is 0.832. The molecule has 0 bridgehead atoms. The standard InChI is InChI=1S/C16H17NO4S/c1-10(18)14-6-7-15(22-14)16(19)17-9-11-4-5-12(20-2)13(8-11)21-3/h4-8H,9H2,1-3H3,(H,17,19). The van der Waals surface area contributed by atoms with Gasteiger partial charge in [0.1, 0.15) is 0 Å². The molecule has 2 aromatic rings. The van der Waals surface area contributed by atoms with Gasteiger partial charge in [0, 0.05) is 6.54 Å². The van der Waals surface area contributed by atoms with Gasteiger partial charge in [0.15, 0.2) is 17.3 Å². The summed E-state index contributed by atoms with van der Waals surface area (Å²) in [5, 5.41) is 2.82. The number of hydrogen-bond donors (Lipinski definition) is 1. The second-order valence-corrected chi connectivity index (χ2v) is 5.68. The van der Waals surface area contributed by atoms with E-state index < -0.39 is 0 Å². The number of ketones is 1. The molecule has 0 aliphatic rings. The maximum absolute atomic E-state index is 12.1. The van der Waals surface area contributed by atoms with Gasteiger partial charge < -0.3 is 14.8 Å². The van der Waals surface area contributed by atoms with Gasteiger partial charge in [0.2, 0.25) is 0 Å². The molecule has 1 amide bonds. The van der Waals surface area contributed by atoms with Gasteiger partial charge in [-0.3, -0.25) is 9.59 Å². The summed E-state index contributed by atoms with van der Waals surface area (Å²) >= 11 is 1.19. The second kappa shape index (κ2) is 7.09. The van der Waals surface area contributed by atoms with Crippen molar-refractivity contribution in [2.45, 2.75) is 13.5 Å². The minimum Gasteiger partial charge on any atom is -0.493 e. The molecule has 1 heterocycles. The number of amides is 1. The van der Waals surface area contributed by atoms with E-state index in [-0.39, 0.29) is 11.7 Å². The smallest absolute Gasteiger partial charge is 0.261 e. The van der Waals surface area contributed by atoms with Crippen molar-refractivity contribution in [1.29, 1.82) is 0 Å². The number of benzene rings is 1. The predicted octanol–water partition coefficient (Wildman–Crippen LogP) is 2.90. The fraction of sp³-hybridized carbons (Fsp3) is 0.250. The third-order valence-corrected chi connectivity index (χ3v) is 4.26. The lowest BCUT2D eigenvalue weighted by atomic mass is 10.2. The van der Waals surface area contributed by atoms with E-state index in [1.807, 2.05) is 12.1 Å². The number of Topliss-reactive ketones (excluding diaryl/α,β-unsaturated/α-hetero) is 1. The fourth-order valence-electron chi connectivity index (χ4n) is 1.91. The zero-order valence-corrected chi connectivity index (χ0v) is 13.5. The van der Waals surface area contributed by atoms with Crippen molar-refractivity contribution in [3.63, 3.8) is 0 Å². The Kier molecular flexibility index (Phi) is 5.16.